The van der Waals surface area contributed by atoms with E-state index in [0.29, 0.717) is 22.1 Å². The molecule has 0 heterocycles. The van der Waals surface area contributed by atoms with Crippen LogP contribution in [0.2, 0.25) is 5.02 Å². The van der Waals surface area contributed by atoms with Crippen molar-refractivity contribution in [3.05, 3.63) is 94.5 Å². The van der Waals surface area contributed by atoms with Crippen molar-refractivity contribution in [2.24, 2.45) is 5.10 Å². The summed E-state index contributed by atoms with van der Waals surface area (Å²) in [6, 6.07) is 20.9. The van der Waals surface area contributed by atoms with Gasteiger partial charge in [-0.05, 0) is 84.6 Å². The molecule has 0 saturated heterocycles. The van der Waals surface area contributed by atoms with Crippen molar-refractivity contribution < 1.29 is 19.1 Å². The van der Waals surface area contributed by atoms with Crippen LogP contribution in [0, 0.1) is 0 Å². The number of esters is 1. The van der Waals surface area contributed by atoms with E-state index < -0.39 is 5.97 Å². The normalized spacial score (nSPS) is 10.7. The van der Waals surface area contributed by atoms with Crippen LogP contribution in [0.4, 0.5) is 0 Å². The molecule has 1 N–H and O–H groups in total. The summed E-state index contributed by atoms with van der Waals surface area (Å²) < 4.78 is 10.8. The topological polar surface area (TPSA) is 77.0 Å². The fraction of sp³-hybridized carbons (Fsp3) is 0.192. The molecule has 0 fully saturated rings. The molecular formula is C26H25ClN2O4. The van der Waals surface area contributed by atoms with Crippen molar-refractivity contribution in [2.45, 2.75) is 26.2 Å². The van der Waals surface area contributed by atoms with Gasteiger partial charge in [0.2, 0.25) is 0 Å². The number of amides is 1. The molecule has 0 aliphatic rings. The van der Waals surface area contributed by atoms with E-state index in [9.17, 15) is 9.59 Å². The highest BCUT2D eigenvalue weighted by Crippen LogP contribution is 2.16. The summed E-state index contributed by atoms with van der Waals surface area (Å²) in [7, 11) is 0. The molecule has 0 saturated carbocycles. The van der Waals surface area contributed by atoms with Gasteiger partial charge < -0.3 is 9.47 Å². The second-order valence-corrected chi connectivity index (χ2v) is 7.73. The van der Waals surface area contributed by atoms with E-state index >= 15 is 0 Å². The van der Waals surface area contributed by atoms with Crippen LogP contribution in [0.5, 0.6) is 11.5 Å². The zero-order valence-electron chi connectivity index (χ0n) is 18.3. The maximum absolute atomic E-state index is 12.1. The number of aryl methyl sites for hydroxylation is 1. The van der Waals surface area contributed by atoms with E-state index in [1.165, 1.54) is 11.8 Å². The minimum atomic E-state index is -0.476. The molecule has 0 unspecified atom stereocenters. The van der Waals surface area contributed by atoms with E-state index in [1.807, 2.05) is 24.3 Å². The molecule has 170 valence electrons. The maximum Gasteiger partial charge on any atom is 0.343 e. The molecule has 0 aromatic heterocycles. The third kappa shape index (κ3) is 8.09. The quantitative estimate of drug-likeness (QED) is 0.188. The zero-order chi connectivity index (χ0) is 23.5. The van der Waals surface area contributed by atoms with Crippen molar-refractivity contribution in [2.75, 3.05) is 6.61 Å². The highest BCUT2D eigenvalue weighted by atomic mass is 35.5. The number of rotatable bonds is 10. The van der Waals surface area contributed by atoms with Gasteiger partial charge in [0.05, 0.1) is 11.8 Å². The Hall–Kier alpha value is -3.64. The SMILES string of the molecule is CCCCc1ccc(OCC(=O)NN=Cc2ccc(OC(=O)c3ccc(Cl)cc3)cc2)cc1. The number of nitrogens with one attached hydrogen (secondary N) is 1. The lowest BCUT2D eigenvalue weighted by Crippen LogP contribution is -2.24. The molecule has 3 aromatic carbocycles. The third-order valence-electron chi connectivity index (χ3n) is 4.69. The van der Waals surface area contributed by atoms with Gasteiger partial charge in [0.25, 0.3) is 5.91 Å². The lowest BCUT2D eigenvalue weighted by atomic mass is 10.1. The van der Waals surface area contributed by atoms with Crippen molar-refractivity contribution in [3.8, 4) is 11.5 Å². The number of hydrazone groups is 1. The molecule has 0 radical (unpaired) electrons. The van der Waals surface area contributed by atoms with Gasteiger partial charge in [0, 0.05) is 5.02 Å². The predicted molar refractivity (Wildman–Crippen MR) is 129 cm³/mol. The van der Waals surface area contributed by atoms with Gasteiger partial charge in [-0.25, -0.2) is 10.2 Å². The number of ether oxygens (including phenoxy) is 2. The molecular weight excluding hydrogens is 440 g/mol. The Bertz CT molecular complexity index is 1080. The maximum atomic E-state index is 12.1. The van der Waals surface area contributed by atoms with Crippen LogP contribution in [-0.4, -0.2) is 24.7 Å². The fourth-order valence-corrected chi connectivity index (χ4v) is 2.99. The largest absolute Gasteiger partial charge is 0.484 e. The van der Waals surface area contributed by atoms with Crippen molar-refractivity contribution in [1.29, 1.82) is 0 Å². The fourth-order valence-electron chi connectivity index (χ4n) is 2.87. The summed E-state index contributed by atoms with van der Waals surface area (Å²) in [4.78, 5) is 24.1. The van der Waals surface area contributed by atoms with Gasteiger partial charge in [-0.15, -0.1) is 0 Å². The minimum absolute atomic E-state index is 0.134. The van der Waals surface area contributed by atoms with Crippen molar-refractivity contribution >= 4 is 29.7 Å². The van der Waals surface area contributed by atoms with Crippen LogP contribution >= 0.6 is 11.6 Å². The van der Waals surface area contributed by atoms with Gasteiger partial charge in [-0.1, -0.05) is 37.1 Å². The third-order valence-corrected chi connectivity index (χ3v) is 4.94. The first-order chi connectivity index (χ1) is 16.0. The Kier molecular flexibility index (Phi) is 9.03. The molecule has 0 bridgehead atoms. The summed E-state index contributed by atoms with van der Waals surface area (Å²) in [5.74, 6) is 0.189. The second kappa shape index (κ2) is 12.4. The number of carbonyl (C=O) groups is 2. The summed E-state index contributed by atoms with van der Waals surface area (Å²) >= 11 is 5.82. The smallest absolute Gasteiger partial charge is 0.343 e. The summed E-state index contributed by atoms with van der Waals surface area (Å²) in [5.41, 5.74) is 4.81. The molecule has 7 heteroatoms. The zero-order valence-corrected chi connectivity index (χ0v) is 19.0. The van der Waals surface area contributed by atoms with E-state index in [1.54, 1.807) is 48.5 Å². The van der Waals surface area contributed by atoms with Crippen LogP contribution in [0.3, 0.4) is 0 Å². The Morgan fingerprint density at radius 2 is 1.61 bits per heavy atom. The lowest BCUT2D eigenvalue weighted by molar-refractivity contribution is -0.123. The molecule has 3 aromatic rings. The van der Waals surface area contributed by atoms with Crippen LogP contribution in [0.15, 0.2) is 77.9 Å². The number of carbonyl (C=O) groups excluding carboxylic acids is 2. The number of unbranched alkanes of at least 4 members (excludes halogenated alkanes) is 1. The van der Waals surface area contributed by atoms with E-state index in [2.05, 4.69) is 17.5 Å². The van der Waals surface area contributed by atoms with Crippen LogP contribution < -0.4 is 14.9 Å². The number of halogens is 1. The van der Waals surface area contributed by atoms with Crippen LogP contribution in [0.1, 0.15) is 41.3 Å². The molecule has 0 spiro atoms. The lowest BCUT2D eigenvalue weighted by Gasteiger charge is -2.06. The average Bonchev–Trinajstić information content (AvgIpc) is 2.83. The monoisotopic (exact) mass is 464 g/mol. The molecule has 0 aliphatic carbocycles. The van der Waals surface area contributed by atoms with E-state index in [0.717, 1.165) is 24.8 Å². The number of hydrogen-bond donors (Lipinski definition) is 1. The van der Waals surface area contributed by atoms with Gasteiger partial charge in [-0.2, -0.15) is 5.10 Å². The Morgan fingerprint density at radius 1 is 0.939 bits per heavy atom. The Morgan fingerprint density at radius 3 is 2.27 bits per heavy atom. The molecule has 0 aliphatic heterocycles. The van der Waals surface area contributed by atoms with Gasteiger partial charge >= 0.3 is 5.97 Å². The van der Waals surface area contributed by atoms with Crippen molar-refractivity contribution in [3.63, 3.8) is 0 Å². The molecule has 1 amide bonds. The summed E-state index contributed by atoms with van der Waals surface area (Å²) in [6.07, 6.45) is 4.84. The first kappa shape index (κ1) is 24.0. The number of nitrogens with zero attached hydrogens (tertiary/aromatic N) is 1. The summed E-state index contributed by atoms with van der Waals surface area (Å²) in [5, 5.41) is 4.47. The Balaban J connectivity index is 1.41. The van der Waals surface area contributed by atoms with Crippen LogP contribution in [0.25, 0.3) is 0 Å². The molecule has 0 atom stereocenters. The Labute approximate surface area is 198 Å². The van der Waals surface area contributed by atoms with E-state index in [4.69, 9.17) is 21.1 Å². The summed E-state index contributed by atoms with van der Waals surface area (Å²) in [6.45, 7) is 2.03. The average molecular weight is 465 g/mol. The standard InChI is InChI=1S/C26H25ClN2O4/c1-2-3-4-19-5-13-23(14-6-19)32-18-25(30)29-28-17-20-7-15-24(16-8-20)33-26(31)21-9-11-22(27)12-10-21/h5-17H,2-4,18H2,1H3,(H,29,30). The first-order valence-electron chi connectivity index (χ1n) is 10.6. The van der Waals surface area contributed by atoms with Gasteiger partial charge in [-0.3, -0.25) is 4.79 Å². The highest BCUT2D eigenvalue weighted by molar-refractivity contribution is 6.30. The highest BCUT2D eigenvalue weighted by Gasteiger charge is 2.08. The van der Waals surface area contributed by atoms with E-state index in [-0.39, 0.29) is 12.5 Å². The van der Waals surface area contributed by atoms with Crippen molar-refractivity contribution in [1.82, 2.24) is 5.43 Å². The van der Waals surface area contributed by atoms with Crippen LogP contribution in [-0.2, 0) is 11.2 Å². The minimum Gasteiger partial charge on any atom is -0.484 e. The molecule has 33 heavy (non-hydrogen) atoms. The number of hydrogen-bond acceptors (Lipinski definition) is 5. The number of benzene rings is 3. The van der Waals surface area contributed by atoms with Gasteiger partial charge in [0.1, 0.15) is 11.5 Å². The molecule has 3 rings (SSSR count). The predicted octanol–water partition coefficient (Wildman–Crippen LogP) is 5.43. The first-order valence-corrected chi connectivity index (χ1v) is 11.0. The van der Waals surface area contributed by atoms with Gasteiger partial charge in [0.15, 0.2) is 6.61 Å². The second-order valence-electron chi connectivity index (χ2n) is 7.29. The molecule has 6 nitrogen and oxygen atoms in total.